The number of amides is 2. The summed E-state index contributed by atoms with van der Waals surface area (Å²) >= 11 is 0. The number of anilines is 2. The van der Waals surface area contributed by atoms with Gasteiger partial charge < -0.3 is 59.4 Å². The number of phenols is 3. The first-order valence-electron chi connectivity index (χ1n) is 20.2. The van der Waals surface area contributed by atoms with Gasteiger partial charge in [-0.3, -0.25) is 19.2 Å². The van der Waals surface area contributed by atoms with Crippen LogP contribution in [0.15, 0.2) is 66.5 Å². The Balaban J connectivity index is 1.66. The van der Waals surface area contributed by atoms with Crippen molar-refractivity contribution in [1.82, 2.24) is 0 Å². The lowest BCUT2D eigenvalue weighted by molar-refractivity contribution is -0.160. The van der Waals surface area contributed by atoms with E-state index in [1.54, 1.807) is 39.8 Å². The standard InChI is InChI=1S/C46H56N2O14/c1-22-12-11-13-23(2)45(57)47-31-20-33(59-21-34(51)48(9)29-14-16-30(50)17-15-29)35-36(41(31)55)40(54)27(6)43-37(35)44(56)46(8,62-43)60-19-18-32(58-10)24(3)42(61-28(7)49)26(5)39(53)25(4)38(22)52/h11-20,22,24-26,32,38-39,42,50,52-55H,21H2,1-10H3,(H,47,57)/b12-11-,19-18-,23-13-. The molecule has 16 heteroatoms. The van der Waals surface area contributed by atoms with Crippen molar-refractivity contribution in [1.29, 1.82) is 0 Å². The minimum Gasteiger partial charge on any atom is -0.508 e. The van der Waals surface area contributed by atoms with E-state index in [0.717, 1.165) is 0 Å². The molecule has 3 aromatic rings. The monoisotopic (exact) mass is 860 g/mol. The van der Waals surface area contributed by atoms with Gasteiger partial charge in [-0.15, -0.1) is 0 Å². The first-order valence-corrected chi connectivity index (χ1v) is 20.2. The molecule has 16 nitrogen and oxygen atoms in total. The van der Waals surface area contributed by atoms with E-state index < -0.39 is 95.5 Å². The summed E-state index contributed by atoms with van der Waals surface area (Å²) in [4.78, 5) is 55.2. The lowest BCUT2D eigenvalue weighted by Gasteiger charge is -2.38. The molecule has 2 amide bonds. The number of ketones is 1. The molecule has 6 rings (SSSR count). The molecule has 62 heavy (non-hydrogen) atoms. The summed E-state index contributed by atoms with van der Waals surface area (Å²) in [7, 11) is 2.92. The zero-order chi connectivity index (χ0) is 46.0. The molecule has 5 bridgehead atoms. The Kier molecular flexibility index (Phi) is 14.3. The van der Waals surface area contributed by atoms with Crippen molar-refractivity contribution in [2.45, 2.75) is 85.6 Å². The number of aliphatic hydroxyl groups is 2. The smallest absolute Gasteiger partial charge is 0.312 e. The van der Waals surface area contributed by atoms with Crippen LogP contribution >= 0.6 is 0 Å². The zero-order valence-electron chi connectivity index (χ0n) is 36.5. The van der Waals surface area contributed by atoms with Crippen LogP contribution in [0.2, 0.25) is 0 Å². The second-order valence-electron chi connectivity index (χ2n) is 16.2. The highest BCUT2D eigenvalue weighted by molar-refractivity contribution is 6.21. The maximum absolute atomic E-state index is 14.5. The maximum atomic E-state index is 14.5. The van der Waals surface area contributed by atoms with E-state index >= 15 is 0 Å². The number of aliphatic hydroxyl groups excluding tert-OH is 2. The number of ether oxygens (including phenoxy) is 5. The summed E-state index contributed by atoms with van der Waals surface area (Å²) in [5, 5.41) is 58.2. The molecule has 6 N–H and O–H groups in total. The molecule has 0 fully saturated rings. The zero-order valence-corrected chi connectivity index (χ0v) is 36.5. The molecule has 334 valence electrons. The molecule has 3 aliphatic heterocycles. The average molecular weight is 861 g/mol. The number of nitrogens with zero attached hydrogens (tertiary/aromatic N) is 1. The number of carbonyl (C=O) groups is 4. The van der Waals surface area contributed by atoms with Gasteiger partial charge in [-0.05, 0) is 44.2 Å². The van der Waals surface area contributed by atoms with Gasteiger partial charge in [0, 0.05) is 80.0 Å². The number of Topliss-reactive ketones (excluding diaryl/α,β-unsaturated/α-hetero) is 1. The predicted octanol–water partition coefficient (Wildman–Crippen LogP) is 5.80. The third kappa shape index (κ3) is 9.37. The SMILES string of the molecule is COC1/C=C\OC2(C)Oc3c(C)c(O)c4c(O)c(cc(OCC(=O)N(C)c5ccc(O)cc5)c4c3C2=O)NC(=O)/C(C)=C\C=C/C(C)C(O)C(C)C(O)C(C)C(OC(C)=O)C1C. The van der Waals surface area contributed by atoms with Gasteiger partial charge >= 0.3 is 11.8 Å². The molecular formula is C46H56N2O14. The van der Waals surface area contributed by atoms with Crippen LogP contribution in [0, 0.1) is 30.6 Å². The number of likely N-dealkylation sites (N-methyl/N-ethyl adjacent to an activating group) is 1. The molecule has 0 aromatic heterocycles. The number of rotatable bonds is 6. The molecular weight excluding hydrogens is 805 g/mol. The highest BCUT2D eigenvalue weighted by Crippen LogP contribution is 2.54. The number of phenolic OH excluding ortho intramolecular Hbond substituents is 3. The molecule has 3 aromatic carbocycles. The largest absolute Gasteiger partial charge is 0.508 e. The number of hydrogen-bond acceptors (Lipinski definition) is 14. The van der Waals surface area contributed by atoms with Gasteiger partial charge in [0.15, 0.2) is 12.4 Å². The summed E-state index contributed by atoms with van der Waals surface area (Å²) in [6.07, 6.45) is 3.43. The van der Waals surface area contributed by atoms with Crippen LogP contribution in [0.5, 0.6) is 28.7 Å². The second-order valence-corrected chi connectivity index (χ2v) is 16.2. The number of nitrogens with one attached hydrogen (secondary N) is 1. The number of carbonyl (C=O) groups excluding carboxylic acids is 4. The first-order chi connectivity index (χ1) is 29.1. The Labute approximate surface area is 360 Å². The van der Waals surface area contributed by atoms with Gasteiger partial charge in [-0.2, -0.15) is 0 Å². The Morgan fingerprint density at radius 1 is 0.919 bits per heavy atom. The van der Waals surface area contributed by atoms with Crippen molar-refractivity contribution in [3.8, 4) is 28.7 Å². The van der Waals surface area contributed by atoms with E-state index in [-0.39, 0.29) is 50.4 Å². The summed E-state index contributed by atoms with van der Waals surface area (Å²) in [6, 6.07) is 7.09. The van der Waals surface area contributed by atoms with Crippen LogP contribution in [0.25, 0.3) is 10.8 Å². The number of hydrogen-bond donors (Lipinski definition) is 6. The van der Waals surface area contributed by atoms with Crippen LogP contribution in [-0.2, 0) is 28.6 Å². The van der Waals surface area contributed by atoms with E-state index in [0.29, 0.717) is 5.69 Å². The molecule has 0 saturated heterocycles. The van der Waals surface area contributed by atoms with Crippen LogP contribution in [0.1, 0.15) is 64.4 Å². The van der Waals surface area contributed by atoms with E-state index in [1.807, 2.05) is 0 Å². The van der Waals surface area contributed by atoms with Gasteiger partial charge in [0.1, 0.15) is 29.1 Å². The van der Waals surface area contributed by atoms with Gasteiger partial charge in [-0.1, -0.05) is 45.9 Å². The van der Waals surface area contributed by atoms with Crippen LogP contribution in [-0.4, -0.2) is 100 Å². The van der Waals surface area contributed by atoms with Crippen molar-refractivity contribution < 1.29 is 68.4 Å². The second kappa shape index (κ2) is 18.9. The van der Waals surface area contributed by atoms with E-state index in [1.165, 1.54) is 95.5 Å². The number of fused-ring (bicyclic) bond motifs is 14. The quantitative estimate of drug-likeness (QED) is 0.127. The summed E-state index contributed by atoms with van der Waals surface area (Å²) < 4.78 is 29.7. The number of esters is 1. The van der Waals surface area contributed by atoms with Crippen LogP contribution < -0.4 is 19.7 Å². The van der Waals surface area contributed by atoms with Gasteiger partial charge in [0.05, 0.1) is 41.2 Å². The molecule has 0 saturated carbocycles. The number of allylic oxidation sites excluding steroid dienone is 2. The van der Waals surface area contributed by atoms with Gasteiger partial charge in [0.2, 0.25) is 0 Å². The summed E-state index contributed by atoms with van der Waals surface area (Å²) in [5.74, 6) is -8.60. The molecule has 9 unspecified atom stereocenters. The molecule has 0 aliphatic carbocycles. The van der Waals surface area contributed by atoms with Crippen molar-refractivity contribution >= 4 is 45.7 Å². The van der Waals surface area contributed by atoms with E-state index in [4.69, 9.17) is 23.7 Å². The number of benzene rings is 3. The number of methoxy groups -OCH3 is 1. The highest BCUT2D eigenvalue weighted by atomic mass is 16.7. The van der Waals surface area contributed by atoms with Crippen LogP contribution in [0.4, 0.5) is 11.4 Å². The van der Waals surface area contributed by atoms with Crippen molar-refractivity contribution in [3.63, 3.8) is 0 Å². The Morgan fingerprint density at radius 3 is 2.21 bits per heavy atom. The van der Waals surface area contributed by atoms with Gasteiger partial charge in [-0.25, -0.2) is 0 Å². The topological polar surface area (TPSA) is 231 Å². The maximum Gasteiger partial charge on any atom is 0.312 e. The van der Waals surface area contributed by atoms with Crippen molar-refractivity contribution in [3.05, 3.63) is 77.6 Å². The molecule has 3 heterocycles. The summed E-state index contributed by atoms with van der Waals surface area (Å²) in [5.41, 5.74) is 0.270. The fourth-order valence-electron chi connectivity index (χ4n) is 7.81. The first kappa shape index (κ1) is 47.0. The third-order valence-electron chi connectivity index (χ3n) is 11.8. The van der Waals surface area contributed by atoms with Crippen molar-refractivity contribution in [2.75, 3.05) is 31.0 Å². The Hall–Kier alpha value is -6.10. The normalized spacial score (nSPS) is 28.9. The lowest BCUT2D eigenvalue weighted by Crippen LogP contribution is -2.46. The number of aromatic hydroxyl groups is 3. The fourth-order valence-corrected chi connectivity index (χ4v) is 7.81. The molecule has 0 spiro atoms. The van der Waals surface area contributed by atoms with E-state index in [9.17, 15) is 44.7 Å². The summed E-state index contributed by atoms with van der Waals surface area (Å²) in [6.45, 7) is 11.8. The molecule has 0 radical (unpaired) electrons. The Bertz CT molecular complexity index is 2300. The van der Waals surface area contributed by atoms with Gasteiger partial charge in [0.25, 0.3) is 17.6 Å². The molecule has 3 aliphatic rings. The average Bonchev–Trinajstić information content (AvgIpc) is 3.50. The minimum absolute atomic E-state index is 0.00114. The third-order valence-corrected chi connectivity index (χ3v) is 11.8. The van der Waals surface area contributed by atoms with E-state index in [2.05, 4.69) is 5.32 Å². The highest BCUT2D eigenvalue weighted by Gasteiger charge is 2.50. The predicted molar refractivity (Wildman–Crippen MR) is 229 cm³/mol. The molecule has 9 atom stereocenters. The van der Waals surface area contributed by atoms with Crippen molar-refractivity contribution in [2.24, 2.45) is 23.7 Å². The Morgan fingerprint density at radius 2 is 1.58 bits per heavy atom. The minimum atomic E-state index is -2.06. The fraction of sp³-hybridized carbons (Fsp3) is 0.435. The van der Waals surface area contributed by atoms with Crippen LogP contribution in [0.3, 0.4) is 0 Å². The lowest BCUT2D eigenvalue weighted by atomic mass is 9.78.